The van der Waals surface area contributed by atoms with Gasteiger partial charge in [-0.2, -0.15) is 0 Å². The second-order valence-electron chi connectivity index (χ2n) is 40.4. The second kappa shape index (κ2) is 42.6. The van der Waals surface area contributed by atoms with Crippen LogP contribution in [0.4, 0.5) is 0 Å². The summed E-state index contributed by atoms with van der Waals surface area (Å²) < 4.78 is 83.1. The van der Waals surface area contributed by atoms with E-state index in [1.165, 1.54) is 59.1 Å². The lowest BCUT2D eigenvalue weighted by atomic mass is 9.57. The number of aryl methyl sites for hydroxylation is 2. The highest BCUT2D eigenvalue weighted by atomic mass is 32.2. The van der Waals surface area contributed by atoms with Gasteiger partial charge in [0.25, 0.3) is 0 Å². The van der Waals surface area contributed by atoms with E-state index in [-0.39, 0.29) is 97.6 Å². The van der Waals surface area contributed by atoms with Crippen LogP contribution in [0.3, 0.4) is 0 Å². The molecule has 3 saturated heterocycles. The van der Waals surface area contributed by atoms with Crippen LogP contribution in [0.15, 0.2) is 82.6 Å². The Morgan fingerprint density at radius 3 is 1.33 bits per heavy atom. The van der Waals surface area contributed by atoms with Crippen LogP contribution in [0, 0.1) is 129 Å². The van der Waals surface area contributed by atoms with Gasteiger partial charge < -0.3 is 55.1 Å². The quantitative estimate of drug-likeness (QED) is 0.00652. The first-order chi connectivity index (χ1) is 60.5. The molecular weight excluding hydrogens is 1730 g/mol. The fourth-order valence-electron chi connectivity index (χ4n) is 19.8. The molecule has 6 amide bonds. The van der Waals surface area contributed by atoms with Gasteiger partial charge in [0.2, 0.25) is 55.5 Å². The molecule has 7 rings (SSSR count). The Bertz CT molecular complexity index is 5230. The summed E-state index contributed by atoms with van der Waals surface area (Å²) in [5.74, 6) is -34.3. The summed E-state index contributed by atoms with van der Waals surface area (Å²) >= 11 is 0. The molecule has 3 aliphatic rings. The molecule has 35 heteroatoms. The number of cyclic esters (lactones) is 2. The third-order valence-electron chi connectivity index (χ3n) is 26.6. The van der Waals surface area contributed by atoms with Gasteiger partial charge in [-0.25, -0.2) is 26.3 Å². The molecule has 0 aromatic heterocycles. The molecule has 722 valence electrons. The van der Waals surface area contributed by atoms with Crippen molar-refractivity contribution < 1.29 is 128 Å². The van der Waals surface area contributed by atoms with Crippen molar-refractivity contribution in [2.45, 2.75) is 207 Å². The zero-order chi connectivity index (χ0) is 99.0. The van der Waals surface area contributed by atoms with Gasteiger partial charge in [-0.3, -0.25) is 76.9 Å². The summed E-state index contributed by atoms with van der Waals surface area (Å²) in [6.07, 6.45) is -2.67. The summed E-state index contributed by atoms with van der Waals surface area (Å²) in [6.45, 7) is 32.1. The van der Waals surface area contributed by atoms with E-state index in [1.807, 2.05) is 0 Å². The number of phenolic OH excluding ortho intramolecular Hbond substituents is 2. The van der Waals surface area contributed by atoms with E-state index in [0.29, 0.717) is 0 Å². The number of phenols is 2. The number of carbonyl (C=O) groups is 14. The zero-order valence-electron chi connectivity index (χ0n) is 79.5. The molecule has 131 heavy (non-hydrogen) atoms. The van der Waals surface area contributed by atoms with Gasteiger partial charge in [-0.1, -0.05) is 191 Å². The van der Waals surface area contributed by atoms with Crippen LogP contribution >= 0.6 is 0 Å². The van der Waals surface area contributed by atoms with E-state index >= 15 is 28.8 Å². The highest BCUT2D eigenvalue weighted by molar-refractivity contribution is 7.90. The minimum absolute atomic E-state index is 0.00471. The number of rotatable bonds is 49. The van der Waals surface area contributed by atoms with Crippen molar-refractivity contribution >= 4 is 103 Å². The van der Waals surface area contributed by atoms with E-state index in [2.05, 4.69) is 20.1 Å². The summed E-state index contributed by atoms with van der Waals surface area (Å²) in [5.41, 5.74) is -8.03. The number of methoxy groups -OCH3 is 2. The van der Waals surface area contributed by atoms with Gasteiger partial charge in [-0.15, -0.1) is 0 Å². The summed E-state index contributed by atoms with van der Waals surface area (Å²) in [4.78, 5) is 206. The van der Waals surface area contributed by atoms with E-state index < -0.39 is 273 Å². The Morgan fingerprint density at radius 1 is 0.489 bits per heavy atom. The molecule has 4 aromatic carbocycles. The van der Waals surface area contributed by atoms with E-state index in [0.717, 1.165) is 52.3 Å². The number of hydrogen-bond donors (Lipinski definition) is 9. The first-order valence-electron chi connectivity index (χ1n) is 44.5. The fourth-order valence-corrected chi connectivity index (χ4v) is 22.3. The van der Waals surface area contributed by atoms with E-state index in [1.54, 1.807) is 142 Å². The molecule has 12 atom stereocenters. The van der Waals surface area contributed by atoms with Gasteiger partial charge >= 0.3 is 35.8 Å². The lowest BCUT2D eigenvalue weighted by molar-refractivity contribution is -0.168. The number of aliphatic carboxylic acids is 3. The molecule has 3 aliphatic heterocycles. The van der Waals surface area contributed by atoms with Gasteiger partial charge in [0, 0.05) is 62.5 Å². The predicted molar refractivity (Wildman–Crippen MR) is 482 cm³/mol. The number of aromatic hydroxyl groups is 2. The van der Waals surface area contributed by atoms with Crippen LogP contribution in [0.1, 0.15) is 226 Å². The number of likely N-dealkylation sites (tertiary alicyclic amines) is 2. The number of hydrogen-bond acceptors (Lipinski definition) is 24. The topological polar surface area (TPSA) is 500 Å². The van der Waals surface area contributed by atoms with Crippen LogP contribution in [0.5, 0.6) is 23.0 Å². The maximum absolute atomic E-state index is 16.0. The maximum atomic E-state index is 16.0. The first-order valence-corrected chi connectivity index (χ1v) is 47.4. The number of nitrogens with zero attached hydrogens (tertiary/aromatic N) is 2. The van der Waals surface area contributed by atoms with Crippen molar-refractivity contribution in [2.75, 3.05) is 60.1 Å². The highest BCUT2D eigenvalue weighted by Gasteiger charge is 2.63. The minimum Gasteiger partial charge on any atom is -0.507 e. The van der Waals surface area contributed by atoms with Crippen molar-refractivity contribution in [2.24, 2.45) is 115 Å². The van der Waals surface area contributed by atoms with Crippen LogP contribution in [-0.2, 0) is 87.1 Å². The summed E-state index contributed by atoms with van der Waals surface area (Å²) in [7, 11) is -6.92. The number of nitrogens with one attached hydrogen (secondary N) is 4. The lowest BCUT2D eigenvalue weighted by Gasteiger charge is -2.45. The fraction of sp³-hybridized carbons (Fsp3) is 0.604. The summed E-state index contributed by atoms with van der Waals surface area (Å²) in [5, 5.41) is 62.2. The molecule has 0 bridgehead atoms. The number of carboxylic acid groups (broad SMARTS) is 3. The molecule has 4 aromatic rings. The van der Waals surface area contributed by atoms with Crippen molar-refractivity contribution in [1.82, 2.24) is 29.9 Å². The van der Waals surface area contributed by atoms with Crippen LogP contribution in [-0.4, -0.2) is 195 Å². The Morgan fingerprint density at radius 2 is 0.901 bits per heavy atom. The SMILES string of the molecule is CCOC(=O)C(C(CC(C)(C)C1C(=O)OC(=O)C1C)C(=O)O)C(C)(C)CC(C(=O)O)C(C(=O)NCC(C)C)C(C)(C)CC1C(=O)N(CC(C)C)C(=O)C1C(C)(C)CC1C(=O)N(CCCNS(=O)(=O)c2cc(C(=O)c3ccc(C)cc3)c(O)cc2OC)C(=O)C1C(C)(C)CC(C(=O)O)C(C(=O)NCCCNS(=O)(=O)c1cc(C(=O)c2ccc(C)cc2)c(O)cc1OC)C(C)(C)CC. The molecule has 0 spiro atoms. The third kappa shape index (κ3) is 24.7. The van der Waals surface area contributed by atoms with Crippen molar-refractivity contribution in [3.8, 4) is 23.0 Å². The Kier molecular flexibility index (Phi) is 34.9. The van der Waals surface area contributed by atoms with Crippen molar-refractivity contribution in [3.63, 3.8) is 0 Å². The predicted octanol–water partition coefficient (Wildman–Crippen LogP) is 11.3. The Labute approximate surface area is 768 Å². The Hall–Kier alpha value is -10.5. The molecular formula is C96H134N6O27S2. The van der Waals surface area contributed by atoms with Gasteiger partial charge in [0.05, 0.1) is 103 Å². The number of ether oxygens (including phenoxy) is 4. The lowest BCUT2D eigenvalue weighted by Crippen LogP contribution is -2.51. The van der Waals surface area contributed by atoms with Crippen LogP contribution in [0.2, 0.25) is 0 Å². The van der Waals surface area contributed by atoms with E-state index in [4.69, 9.17) is 18.9 Å². The van der Waals surface area contributed by atoms with Gasteiger partial charge in [0.15, 0.2) is 11.6 Å². The summed E-state index contributed by atoms with van der Waals surface area (Å²) in [6, 6.07) is 16.6. The zero-order valence-corrected chi connectivity index (χ0v) is 81.2. The largest absolute Gasteiger partial charge is 0.507 e. The normalized spacial score (nSPS) is 19.3. The van der Waals surface area contributed by atoms with Gasteiger partial charge in [0.1, 0.15) is 32.8 Å². The van der Waals surface area contributed by atoms with Crippen LogP contribution < -0.4 is 29.6 Å². The second-order valence-corrected chi connectivity index (χ2v) is 43.8. The number of carboxylic acids is 3. The molecule has 3 fully saturated rings. The number of carbonyl (C=O) groups excluding carboxylic acids is 11. The smallest absolute Gasteiger partial charge is 0.318 e. The Balaban J connectivity index is 1.29. The average molecular weight is 1870 g/mol. The van der Waals surface area contributed by atoms with E-state index in [9.17, 15) is 80.7 Å². The molecule has 9 N–H and O–H groups in total. The minimum atomic E-state index is -4.69. The number of benzene rings is 4. The van der Waals surface area contributed by atoms with Crippen LogP contribution in [0.25, 0.3) is 0 Å². The van der Waals surface area contributed by atoms with Gasteiger partial charge in [-0.05, 0) is 122 Å². The molecule has 33 nitrogen and oxygen atoms in total. The molecule has 0 saturated carbocycles. The number of amides is 6. The molecule has 12 unspecified atom stereocenters. The van der Waals surface area contributed by atoms with Crippen molar-refractivity contribution in [3.05, 3.63) is 106 Å². The third-order valence-corrected chi connectivity index (χ3v) is 29.6. The molecule has 0 aliphatic carbocycles. The number of sulfonamides is 2. The average Bonchev–Trinajstić information content (AvgIpc) is 1.58. The number of imide groups is 2. The molecule has 0 radical (unpaired) electrons. The number of ketones is 2. The van der Waals surface area contributed by atoms with Crippen molar-refractivity contribution in [1.29, 1.82) is 0 Å². The number of esters is 3. The molecule has 3 heterocycles. The highest BCUT2D eigenvalue weighted by Crippen LogP contribution is 2.57. The maximum Gasteiger partial charge on any atom is 0.318 e. The monoisotopic (exact) mass is 1870 g/mol. The standard InChI is InChI=1S/C96H134N6O27S2/c1-24-91(10,11)72(79(107)97-36-26-37-99-130(122,123)69-40-58(65(103)42-67(69)126-22)77(105)56-32-28-53(7)29-33-56)62(85(113)114)46-95(18,19)74-60(81(109)101(83(74)111)39-27-38-100-131(124,125)70-41-59(66(104)43-68(70)127-23)78(106)57-34-30-54(8)31-35-57)45-94(16,17)75-61(82(110)102(84(75)112)50-52(5)6)44-93(14,15)73(80(108)98-49-51(3)4)63(86(115)116)47-96(20,21)76(89(120)128-25-2)64(87(117)118)48-92(12,13)71-55(9)88(119)129-90(71)121/h28-35,40-43,51-52,55,60-64,71-76,99-100,103-104H,24-27,36-39,44-50H2,1-23H3,(H,97,107)(H,98,108)(H,113,114)(H,115,116)(H,117,118). The first kappa shape index (κ1) is 108.